The van der Waals surface area contributed by atoms with Crippen molar-refractivity contribution in [3.05, 3.63) is 45.7 Å². The van der Waals surface area contributed by atoms with Crippen LogP contribution in [0, 0.1) is 0 Å². The van der Waals surface area contributed by atoms with E-state index in [-0.39, 0.29) is 10.8 Å². The lowest BCUT2D eigenvalue weighted by molar-refractivity contribution is 0.102. The number of aryl methyl sites for hydroxylation is 1. The van der Waals surface area contributed by atoms with Crippen molar-refractivity contribution in [1.82, 2.24) is 9.78 Å². The summed E-state index contributed by atoms with van der Waals surface area (Å²) in [4.78, 5) is 12.7. The van der Waals surface area contributed by atoms with Crippen molar-refractivity contribution in [1.29, 1.82) is 0 Å². The number of ketones is 1. The smallest absolute Gasteiger partial charge is 0.216 e. The van der Waals surface area contributed by atoms with Gasteiger partial charge in [-0.05, 0) is 18.6 Å². The maximum absolute atomic E-state index is 12.7. The van der Waals surface area contributed by atoms with E-state index in [1.807, 2.05) is 6.92 Å². The Labute approximate surface area is 127 Å². The number of hydrogen-bond donors (Lipinski definition) is 0. The number of hydrogen-bond acceptors (Lipinski definition) is 3. The maximum atomic E-state index is 12.7. The van der Waals surface area contributed by atoms with Crippen LogP contribution in [0.1, 0.15) is 29.4 Å². The highest BCUT2D eigenvalue weighted by atomic mass is 35.5. The molecule has 0 aliphatic rings. The summed E-state index contributed by atoms with van der Waals surface area (Å²) < 4.78 is 6.83. The molecule has 1 heterocycles. The van der Waals surface area contributed by atoms with Crippen LogP contribution in [0.25, 0.3) is 0 Å². The van der Waals surface area contributed by atoms with Gasteiger partial charge < -0.3 is 4.74 Å². The van der Waals surface area contributed by atoms with Crippen molar-refractivity contribution in [2.45, 2.75) is 19.9 Å². The van der Waals surface area contributed by atoms with Crippen molar-refractivity contribution in [3.63, 3.8) is 0 Å². The van der Waals surface area contributed by atoms with Gasteiger partial charge in [-0.3, -0.25) is 9.48 Å². The second kappa shape index (κ2) is 6.29. The molecule has 4 nitrogen and oxygen atoms in total. The Balaban J connectivity index is 2.52. The molecule has 0 atom stereocenters. The molecule has 1 aromatic carbocycles. The standard InChI is InChI=1S/C14H14Cl2N2O2/c1-3-7-18-13(11(20-2)8-17-18)14(19)9-5-4-6-10(15)12(9)16/h4-6,8H,3,7H2,1-2H3. The van der Waals surface area contributed by atoms with Crippen LogP contribution in [0.2, 0.25) is 10.0 Å². The highest BCUT2D eigenvalue weighted by Crippen LogP contribution is 2.29. The molecule has 6 heteroatoms. The van der Waals surface area contributed by atoms with E-state index in [1.165, 1.54) is 13.3 Å². The second-order valence-electron chi connectivity index (χ2n) is 4.22. The first kappa shape index (κ1) is 14.9. The van der Waals surface area contributed by atoms with Gasteiger partial charge in [0, 0.05) is 12.1 Å². The number of carbonyl (C=O) groups is 1. The van der Waals surface area contributed by atoms with E-state index in [2.05, 4.69) is 5.10 Å². The van der Waals surface area contributed by atoms with Crippen molar-refractivity contribution < 1.29 is 9.53 Å². The minimum atomic E-state index is -0.250. The fourth-order valence-corrected chi connectivity index (χ4v) is 2.32. The predicted molar refractivity (Wildman–Crippen MR) is 79.0 cm³/mol. The van der Waals surface area contributed by atoms with Crippen LogP contribution in [0.3, 0.4) is 0 Å². The van der Waals surface area contributed by atoms with Crippen LogP contribution in [0.5, 0.6) is 5.75 Å². The molecule has 106 valence electrons. The van der Waals surface area contributed by atoms with E-state index in [0.29, 0.717) is 28.6 Å². The summed E-state index contributed by atoms with van der Waals surface area (Å²) in [5.74, 6) is 0.180. The normalized spacial score (nSPS) is 10.6. The minimum absolute atomic E-state index is 0.241. The number of rotatable bonds is 5. The first-order chi connectivity index (χ1) is 9.60. The van der Waals surface area contributed by atoms with Gasteiger partial charge in [0.15, 0.2) is 11.4 Å². The van der Waals surface area contributed by atoms with E-state index in [9.17, 15) is 4.79 Å². The number of methoxy groups -OCH3 is 1. The molecule has 0 saturated carbocycles. The number of carbonyl (C=O) groups excluding carboxylic acids is 1. The van der Waals surface area contributed by atoms with Gasteiger partial charge >= 0.3 is 0 Å². The summed E-state index contributed by atoms with van der Waals surface area (Å²) in [6.45, 7) is 2.64. The molecule has 0 aliphatic carbocycles. The minimum Gasteiger partial charge on any atom is -0.493 e. The summed E-state index contributed by atoms with van der Waals surface area (Å²) in [6.07, 6.45) is 2.38. The molecule has 20 heavy (non-hydrogen) atoms. The Bertz CT molecular complexity index is 638. The number of benzene rings is 1. The Morgan fingerprint density at radius 3 is 2.80 bits per heavy atom. The molecule has 0 bridgehead atoms. The van der Waals surface area contributed by atoms with Gasteiger partial charge in [0.2, 0.25) is 5.78 Å². The van der Waals surface area contributed by atoms with E-state index in [0.717, 1.165) is 6.42 Å². The molecule has 0 saturated heterocycles. The summed E-state index contributed by atoms with van der Waals surface area (Å²) in [5, 5.41) is 4.76. The molecule has 0 amide bonds. The molecule has 0 spiro atoms. The van der Waals surface area contributed by atoms with Gasteiger partial charge in [-0.1, -0.05) is 36.2 Å². The lowest BCUT2D eigenvalue weighted by Crippen LogP contribution is -2.13. The van der Waals surface area contributed by atoms with Crippen LogP contribution in [0.4, 0.5) is 0 Å². The first-order valence-electron chi connectivity index (χ1n) is 6.18. The monoisotopic (exact) mass is 312 g/mol. The summed E-state index contributed by atoms with van der Waals surface area (Å²) >= 11 is 12.1. The van der Waals surface area contributed by atoms with Gasteiger partial charge in [0.05, 0.1) is 23.4 Å². The molecule has 0 unspecified atom stereocenters. The number of ether oxygens (including phenoxy) is 1. The third-order valence-corrected chi connectivity index (χ3v) is 3.69. The van der Waals surface area contributed by atoms with E-state index in [4.69, 9.17) is 27.9 Å². The second-order valence-corrected chi connectivity index (χ2v) is 5.00. The molecular weight excluding hydrogens is 299 g/mol. The Morgan fingerprint density at radius 1 is 1.40 bits per heavy atom. The molecule has 0 fully saturated rings. The Morgan fingerprint density at radius 2 is 2.15 bits per heavy atom. The molecule has 2 aromatic rings. The Kier molecular flexibility index (Phi) is 4.68. The van der Waals surface area contributed by atoms with Crippen molar-refractivity contribution >= 4 is 29.0 Å². The van der Waals surface area contributed by atoms with Crippen LogP contribution in [-0.2, 0) is 6.54 Å². The molecule has 0 N–H and O–H groups in total. The van der Waals surface area contributed by atoms with Crippen LogP contribution in [-0.4, -0.2) is 22.7 Å². The highest BCUT2D eigenvalue weighted by Gasteiger charge is 2.23. The predicted octanol–water partition coefficient (Wildman–Crippen LogP) is 3.84. The summed E-state index contributed by atoms with van der Waals surface area (Å²) in [7, 11) is 1.50. The van der Waals surface area contributed by atoms with Gasteiger partial charge in [0.1, 0.15) is 0 Å². The highest BCUT2D eigenvalue weighted by molar-refractivity contribution is 6.44. The summed E-state index contributed by atoms with van der Waals surface area (Å²) in [6, 6.07) is 4.97. The molecule has 0 radical (unpaired) electrons. The van der Waals surface area contributed by atoms with Gasteiger partial charge in [-0.25, -0.2) is 0 Å². The number of aromatic nitrogens is 2. The van der Waals surface area contributed by atoms with Gasteiger partial charge in [-0.2, -0.15) is 5.10 Å². The topological polar surface area (TPSA) is 44.1 Å². The fraction of sp³-hybridized carbons (Fsp3) is 0.286. The molecular formula is C14H14Cl2N2O2. The van der Waals surface area contributed by atoms with Crippen molar-refractivity contribution in [2.24, 2.45) is 0 Å². The van der Waals surface area contributed by atoms with Crippen LogP contribution >= 0.6 is 23.2 Å². The number of nitrogens with zero attached hydrogens (tertiary/aromatic N) is 2. The van der Waals surface area contributed by atoms with Crippen molar-refractivity contribution in [3.8, 4) is 5.75 Å². The van der Waals surface area contributed by atoms with Gasteiger partial charge in [0.25, 0.3) is 0 Å². The largest absolute Gasteiger partial charge is 0.493 e. The van der Waals surface area contributed by atoms with Gasteiger partial charge in [-0.15, -0.1) is 0 Å². The maximum Gasteiger partial charge on any atom is 0.216 e. The third-order valence-electron chi connectivity index (χ3n) is 2.87. The quantitative estimate of drug-likeness (QED) is 0.788. The average Bonchev–Trinajstić information content (AvgIpc) is 2.84. The third kappa shape index (κ3) is 2.67. The average molecular weight is 313 g/mol. The SMILES string of the molecule is CCCn1ncc(OC)c1C(=O)c1cccc(Cl)c1Cl. The number of halogens is 2. The van der Waals surface area contributed by atoms with E-state index in [1.54, 1.807) is 22.9 Å². The zero-order valence-corrected chi connectivity index (χ0v) is 12.7. The lowest BCUT2D eigenvalue weighted by atomic mass is 10.1. The zero-order valence-electron chi connectivity index (χ0n) is 11.2. The zero-order chi connectivity index (χ0) is 14.7. The van der Waals surface area contributed by atoms with Crippen LogP contribution in [0.15, 0.2) is 24.4 Å². The molecule has 2 rings (SSSR count). The Hall–Kier alpha value is -1.52. The van der Waals surface area contributed by atoms with Crippen molar-refractivity contribution in [2.75, 3.05) is 7.11 Å². The summed E-state index contributed by atoms with van der Waals surface area (Å²) in [5.41, 5.74) is 0.730. The van der Waals surface area contributed by atoms with Crippen LogP contribution < -0.4 is 4.74 Å². The molecule has 0 aliphatic heterocycles. The van der Waals surface area contributed by atoms with E-state index >= 15 is 0 Å². The first-order valence-corrected chi connectivity index (χ1v) is 6.94. The fourth-order valence-electron chi connectivity index (χ4n) is 1.93. The lowest BCUT2D eigenvalue weighted by Gasteiger charge is -2.09. The molecule has 1 aromatic heterocycles. The van der Waals surface area contributed by atoms with E-state index < -0.39 is 0 Å².